The zero-order valence-corrected chi connectivity index (χ0v) is 17.8. The standard InChI is InChI=1S/C22H24N2O4S/c1-14-20(15(2)28-24-14)13-29-21-8-6-5-7-19(21)22(25)23-12-16-9-17(26-3)11-18(10-16)27-4/h5-11H,12-13H2,1-4H3,(H,23,25). The van der Waals surface area contributed by atoms with Gasteiger partial charge in [0.1, 0.15) is 17.3 Å². The number of hydrogen-bond acceptors (Lipinski definition) is 6. The van der Waals surface area contributed by atoms with Crippen molar-refractivity contribution in [2.75, 3.05) is 14.2 Å². The highest BCUT2D eigenvalue weighted by molar-refractivity contribution is 7.98. The van der Waals surface area contributed by atoms with Crippen LogP contribution in [-0.4, -0.2) is 25.3 Å². The summed E-state index contributed by atoms with van der Waals surface area (Å²) in [6.45, 7) is 4.19. The molecule has 0 aliphatic heterocycles. The van der Waals surface area contributed by atoms with Crippen molar-refractivity contribution in [1.29, 1.82) is 0 Å². The van der Waals surface area contributed by atoms with Gasteiger partial charge in [-0.15, -0.1) is 11.8 Å². The van der Waals surface area contributed by atoms with E-state index in [0.717, 1.165) is 27.5 Å². The van der Waals surface area contributed by atoms with Gasteiger partial charge in [-0.05, 0) is 43.7 Å². The fourth-order valence-corrected chi connectivity index (χ4v) is 4.09. The molecule has 2 aromatic carbocycles. The molecule has 3 rings (SSSR count). The number of carbonyl (C=O) groups excluding carboxylic acids is 1. The van der Waals surface area contributed by atoms with Crippen LogP contribution in [-0.2, 0) is 12.3 Å². The van der Waals surface area contributed by atoms with Crippen LogP contribution in [0.1, 0.15) is 32.9 Å². The van der Waals surface area contributed by atoms with Crippen LogP contribution in [0, 0.1) is 13.8 Å². The second-order valence-corrected chi connectivity index (χ2v) is 7.51. The maximum Gasteiger partial charge on any atom is 0.252 e. The molecule has 1 N–H and O–H groups in total. The van der Waals surface area contributed by atoms with Gasteiger partial charge in [-0.1, -0.05) is 17.3 Å². The number of nitrogens with zero attached hydrogens (tertiary/aromatic N) is 1. The summed E-state index contributed by atoms with van der Waals surface area (Å²) in [7, 11) is 3.20. The Morgan fingerprint density at radius 2 is 1.79 bits per heavy atom. The van der Waals surface area contributed by atoms with Crippen LogP contribution in [0.3, 0.4) is 0 Å². The average Bonchev–Trinajstić information content (AvgIpc) is 3.07. The Labute approximate surface area is 174 Å². The van der Waals surface area contributed by atoms with Crippen molar-refractivity contribution < 1.29 is 18.8 Å². The highest BCUT2D eigenvalue weighted by Gasteiger charge is 2.14. The maximum absolute atomic E-state index is 12.8. The summed E-state index contributed by atoms with van der Waals surface area (Å²) < 4.78 is 15.8. The third-order valence-electron chi connectivity index (χ3n) is 4.55. The first-order valence-corrected chi connectivity index (χ1v) is 10.1. The minimum absolute atomic E-state index is 0.131. The molecule has 1 heterocycles. The first kappa shape index (κ1) is 20.8. The number of benzene rings is 2. The molecule has 29 heavy (non-hydrogen) atoms. The molecule has 3 aromatic rings. The lowest BCUT2D eigenvalue weighted by atomic mass is 10.1. The number of ether oxygens (including phenoxy) is 2. The summed E-state index contributed by atoms with van der Waals surface area (Å²) in [5.74, 6) is 2.74. The lowest BCUT2D eigenvalue weighted by Gasteiger charge is -2.12. The highest BCUT2D eigenvalue weighted by Crippen LogP contribution is 2.29. The van der Waals surface area contributed by atoms with E-state index in [1.54, 1.807) is 32.0 Å². The van der Waals surface area contributed by atoms with Gasteiger partial charge < -0.3 is 19.3 Å². The van der Waals surface area contributed by atoms with Crippen LogP contribution >= 0.6 is 11.8 Å². The summed E-state index contributed by atoms with van der Waals surface area (Å²) in [5.41, 5.74) is 3.48. The van der Waals surface area contributed by atoms with Crippen molar-refractivity contribution in [3.8, 4) is 11.5 Å². The minimum Gasteiger partial charge on any atom is -0.497 e. The number of carbonyl (C=O) groups is 1. The first-order valence-electron chi connectivity index (χ1n) is 9.15. The van der Waals surface area contributed by atoms with Crippen LogP contribution in [0.2, 0.25) is 0 Å². The summed E-state index contributed by atoms with van der Waals surface area (Å²) >= 11 is 1.59. The van der Waals surface area contributed by atoms with Gasteiger partial charge in [0.05, 0.1) is 25.5 Å². The van der Waals surface area contributed by atoms with E-state index in [1.165, 1.54) is 0 Å². The SMILES string of the molecule is COc1cc(CNC(=O)c2ccccc2SCc2c(C)noc2C)cc(OC)c1. The Bertz CT molecular complexity index is 958. The van der Waals surface area contributed by atoms with Crippen LogP contribution in [0.5, 0.6) is 11.5 Å². The van der Waals surface area contributed by atoms with Gasteiger partial charge >= 0.3 is 0 Å². The molecule has 152 valence electrons. The Morgan fingerprint density at radius 1 is 1.10 bits per heavy atom. The van der Waals surface area contributed by atoms with E-state index in [1.807, 2.05) is 50.2 Å². The molecule has 0 bridgehead atoms. The molecular formula is C22H24N2O4S. The zero-order chi connectivity index (χ0) is 20.8. The summed E-state index contributed by atoms with van der Waals surface area (Å²) in [5, 5.41) is 6.97. The molecule has 0 radical (unpaired) electrons. The van der Waals surface area contributed by atoms with E-state index in [-0.39, 0.29) is 5.91 Å². The van der Waals surface area contributed by atoms with E-state index in [0.29, 0.717) is 29.4 Å². The van der Waals surface area contributed by atoms with E-state index < -0.39 is 0 Å². The van der Waals surface area contributed by atoms with E-state index in [9.17, 15) is 4.79 Å². The third-order valence-corrected chi connectivity index (χ3v) is 5.65. The van der Waals surface area contributed by atoms with Gasteiger partial charge in [0, 0.05) is 28.8 Å². The van der Waals surface area contributed by atoms with Gasteiger partial charge in [0.15, 0.2) is 0 Å². The van der Waals surface area contributed by atoms with Gasteiger partial charge in [-0.25, -0.2) is 0 Å². The number of hydrogen-bond donors (Lipinski definition) is 1. The Kier molecular flexibility index (Phi) is 6.82. The number of rotatable bonds is 8. The maximum atomic E-state index is 12.8. The van der Waals surface area contributed by atoms with E-state index in [4.69, 9.17) is 14.0 Å². The van der Waals surface area contributed by atoms with Crippen molar-refractivity contribution in [2.45, 2.75) is 31.0 Å². The molecule has 0 saturated heterocycles. The molecule has 0 aliphatic rings. The van der Waals surface area contributed by atoms with E-state index in [2.05, 4.69) is 10.5 Å². The largest absolute Gasteiger partial charge is 0.497 e. The topological polar surface area (TPSA) is 73.6 Å². The Balaban J connectivity index is 1.70. The Hall–Kier alpha value is -2.93. The molecule has 0 unspecified atom stereocenters. The molecule has 1 amide bonds. The molecule has 1 aromatic heterocycles. The molecule has 0 aliphatic carbocycles. The molecule has 0 fully saturated rings. The predicted molar refractivity (Wildman–Crippen MR) is 113 cm³/mol. The fourth-order valence-electron chi connectivity index (χ4n) is 2.88. The van der Waals surface area contributed by atoms with Crippen molar-refractivity contribution in [3.05, 3.63) is 70.6 Å². The van der Waals surface area contributed by atoms with Crippen molar-refractivity contribution in [2.24, 2.45) is 0 Å². The number of aromatic nitrogens is 1. The predicted octanol–water partition coefficient (Wildman–Crippen LogP) is 4.53. The lowest BCUT2D eigenvalue weighted by molar-refractivity contribution is 0.0948. The zero-order valence-electron chi connectivity index (χ0n) is 16.9. The van der Waals surface area contributed by atoms with Gasteiger partial charge in [-0.2, -0.15) is 0 Å². The smallest absolute Gasteiger partial charge is 0.252 e. The molecule has 7 heteroatoms. The van der Waals surface area contributed by atoms with Crippen LogP contribution in [0.15, 0.2) is 51.9 Å². The number of aryl methyl sites for hydroxylation is 2. The van der Waals surface area contributed by atoms with Gasteiger partial charge in [0.2, 0.25) is 0 Å². The average molecular weight is 413 g/mol. The third kappa shape index (κ3) is 5.12. The van der Waals surface area contributed by atoms with Gasteiger partial charge in [-0.3, -0.25) is 4.79 Å². The molecule has 0 atom stereocenters. The van der Waals surface area contributed by atoms with Crippen molar-refractivity contribution >= 4 is 17.7 Å². The molecule has 0 saturated carbocycles. The highest BCUT2D eigenvalue weighted by atomic mass is 32.2. The summed E-state index contributed by atoms with van der Waals surface area (Å²) in [4.78, 5) is 13.7. The van der Waals surface area contributed by atoms with Crippen molar-refractivity contribution in [3.63, 3.8) is 0 Å². The number of methoxy groups -OCH3 is 2. The minimum atomic E-state index is -0.131. The normalized spacial score (nSPS) is 10.6. The van der Waals surface area contributed by atoms with Crippen molar-refractivity contribution in [1.82, 2.24) is 10.5 Å². The lowest BCUT2D eigenvalue weighted by Crippen LogP contribution is -2.23. The monoisotopic (exact) mass is 412 g/mol. The fraction of sp³-hybridized carbons (Fsp3) is 0.273. The van der Waals surface area contributed by atoms with Crippen LogP contribution in [0.4, 0.5) is 0 Å². The summed E-state index contributed by atoms with van der Waals surface area (Å²) in [6, 6.07) is 13.1. The van der Waals surface area contributed by atoms with E-state index >= 15 is 0 Å². The molecular weight excluding hydrogens is 388 g/mol. The Morgan fingerprint density at radius 3 is 2.41 bits per heavy atom. The first-order chi connectivity index (χ1) is 14.0. The second-order valence-electron chi connectivity index (χ2n) is 6.49. The number of thioether (sulfide) groups is 1. The quantitative estimate of drug-likeness (QED) is 0.548. The molecule has 6 nitrogen and oxygen atoms in total. The van der Waals surface area contributed by atoms with Crippen LogP contribution in [0.25, 0.3) is 0 Å². The number of nitrogens with one attached hydrogen (secondary N) is 1. The van der Waals surface area contributed by atoms with Crippen LogP contribution < -0.4 is 14.8 Å². The second kappa shape index (κ2) is 9.52. The number of amides is 1. The van der Waals surface area contributed by atoms with Gasteiger partial charge in [0.25, 0.3) is 5.91 Å². The molecule has 0 spiro atoms. The summed E-state index contributed by atoms with van der Waals surface area (Å²) in [6.07, 6.45) is 0.